The predicted octanol–water partition coefficient (Wildman–Crippen LogP) is 5.17. The number of halogens is 1. The molecule has 0 amide bonds. The molecule has 0 spiro atoms. The Hall–Kier alpha value is -3.23. The fourth-order valence-electron chi connectivity index (χ4n) is 3.88. The van der Waals surface area contributed by atoms with Crippen molar-refractivity contribution in [3.05, 3.63) is 51.6 Å². The summed E-state index contributed by atoms with van der Waals surface area (Å²) in [5, 5.41) is 9.71. The van der Waals surface area contributed by atoms with Crippen LogP contribution in [0, 0.1) is 5.92 Å². The largest absolute Gasteiger partial charge is 0.493 e. The van der Waals surface area contributed by atoms with Gasteiger partial charge < -0.3 is 28.5 Å². The molecule has 1 N–H and O–H groups in total. The molecule has 1 saturated carbocycles. The van der Waals surface area contributed by atoms with Crippen molar-refractivity contribution < 1.29 is 33.3 Å². The molecular formula is C26H27ClO8. The number of carbonyl (C=O) groups is 1. The topological polar surface area (TPSA) is 104 Å². The van der Waals surface area contributed by atoms with Crippen LogP contribution in [0.25, 0.3) is 22.3 Å². The number of carboxylic acids is 1. The number of hydrogen-bond acceptors (Lipinski definition) is 7. The summed E-state index contributed by atoms with van der Waals surface area (Å²) in [7, 11) is 1.53. The summed E-state index contributed by atoms with van der Waals surface area (Å²) in [6.07, 6.45) is 1.73. The van der Waals surface area contributed by atoms with E-state index in [4.69, 9.17) is 40.1 Å². The molecule has 0 radical (unpaired) electrons. The molecule has 0 unspecified atom stereocenters. The number of carboxylic acid groups (broad SMARTS) is 1. The molecule has 4 rings (SSSR count). The van der Waals surface area contributed by atoms with Gasteiger partial charge >= 0.3 is 5.97 Å². The van der Waals surface area contributed by atoms with Crippen molar-refractivity contribution in [1.82, 2.24) is 0 Å². The third-order valence-electron chi connectivity index (χ3n) is 5.84. The molecule has 1 aromatic heterocycles. The number of methoxy groups -OCH3 is 1. The average Bonchev–Trinajstić information content (AvgIpc) is 2.81. The Labute approximate surface area is 207 Å². The highest BCUT2D eigenvalue weighted by molar-refractivity contribution is 6.34. The standard InChI is InChI=1S/C26H27ClO8/c1-3-7-33-24-14-21(34-9-8-32-16-10-15(11-16)26(29)30)18(12-23(24)31-2)22-13-20(28)17-5-4-6-19(27)25(17)35-22/h4-6,12-16H,3,7-11H2,1-2H3,(H,29,30). The first kappa shape index (κ1) is 24.9. The van der Waals surface area contributed by atoms with Crippen molar-refractivity contribution in [2.45, 2.75) is 32.3 Å². The van der Waals surface area contributed by atoms with Crippen LogP contribution in [-0.4, -0.2) is 44.1 Å². The molecule has 1 fully saturated rings. The summed E-state index contributed by atoms with van der Waals surface area (Å²) in [5.74, 6) is 0.532. The Morgan fingerprint density at radius 2 is 1.86 bits per heavy atom. The Bertz CT molecular complexity index is 1260. The maximum Gasteiger partial charge on any atom is 0.306 e. The van der Waals surface area contributed by atoms with Gasteiger partial charge in [0.1, 0.15) is 18.1 Å². The van der Waals surface area contributed by atoms with Gasteiger partial charge in [-0.05, 0) is 37.5 Å². The van der Waals surface area contributed by atoms with E-state index in [0.717, 1.165) is 6.42 Å². The van der Waals surface area contributed by atoms with E-state index in [1.54, 1.807) is 30.3 Å². The molecule has 1 aliphatic carbocycles. The van der Waals surface area contributed by atoms with Crippen molar-refractivity contribution in [3.8, 4) is 28.6 Å². The van der Waals surface area contributed by atoms with E-state index in [1.165, 1.54) is 13.2 Å². The summed E-state index contributed by atoms with van der Waals surface area (Å²) in [6, 6.07) is 9.80. The zero-order valence-corrected chi connectivity index (χ0v) is 20.3. The molecule has 1 aliphatic rings. The van der Waals surface area contributed by atoms with Crippen LogP contribution in [0.1, 0.15) is 26.2 Å². The molecule has 2 aromatic carbocycles. The maximum absolute atomic E-state index is 12.8. The van der Waals surface area contributed by atoms with Gasteiger partial charge in [0.15, 0.2) is 22.5 Å². The quantitative estimate of drug-likeness (QED) is 0.358. The molecule has 186 valence electrons. The minimum Gasteiger partial charge on any atom is -0.493 e. The van der Waals surface area contributed by atoms with Crippen molar-refractivity contribution in [3.63, 3.8) is 0 Å². The lowest BCUT2D eigenvalue weighted by molar-refractivity contribution is -0.151. The second kappa shape index (κ2) is 11.0. The van der Waals surface area contributed by atoms with E-state index in [1.807, 2.05) is 6.92 Å². The third kappa shape index (κ3) is 5.55. The highest BCUT2D eigenvalue weighted by Crippen LogP contribution is 2.41. The first-order valence-electron chi connectivity index (χ1n) is 11.5. The van der Waals surface area contributed by atoms with Crippen molar-refractivity contribution in [1.29, 1.82) is 0 Å². The van der Waals surface area contributed by atoms with Crippen LogP contribution in [0.5, 0.6) is 17.2 Å². The second-order valence-corrected chi connectivity index (χ2v) is 8.69. The summed E-state index contributed by atoms with van der Waals surface area (Å²) in [4.78, 5) is 23.7. The van der Waals surface area contributed by atoms with Gasteiger partial charge in [-0.2, -0.15) is 0 Å². The van der Waals surface area contributed by atoms with E-state index >= 15 is 0 Å². The molecular weight excluding hydrogens is 476 g/mol. The first-order chi connectivity index (χ1) is 16.9. The Morgan fingerprint density at radius 3 is 2.57 bits per heavy atom. The van der Waals surface area contributed by atoms with E-state index < -0.39 is 5.97 Å². The lowest BCUT2D eigenvalue weighted by Gasteiger charge is -2.32. The van der Waals surface area contributed by atoms with Gasteiger partial charge in [-0.3, -0.25) is 9.59 Å². The number of rotatable bonds is 11. The zero-order valence-electron chi connectivity index (χ0n) is 19.5. The average molecular weight is 503 g/mol. The molecule has 3 aromatic rings. The van der Waals surface area contributed by atoms with Gasteiger partial charge in [0.2, 0.25) is 0 Å². The first-order valence-corrected chi connectivity index (χ1v) is 11.8. The fourth-order valence-corrected chi connectivity index (χ4v) is 4.10. The van der Waals surface area contributed by atoms with Crippen LogP contribution in [0.3, 0.4) is 0 Å². The predicted molar refractivity (Wildman–Crippen MR) is 131 cm³/mol. The van der Waals surface area contributed by atoms with E-state index in [0.29, 0.717) is 52.7 Å². The van der Waals surface area contributed by atoms with Crippen LogP contribution in [0.4, 0.5) is 0 Å². The van der Waals surface area contributed by atoms with Gasteiger partial charge in [-0.1, -0.05) is 24.6 Å². The highest BCUT2D eigenvalue weighted by Gasteiger charge is 2.35. The lowest BCUT2D eigenvalue weighted by atomic mass is 9.82. The van der Waals surface area contributed by atoms with Crippen LogP contribution in [0.2, 0.25) is 5.02 Å². The summed E-state index contributed by atoms with van der Waals surface area (Å²) in [5.41, 5.74) is 0.551. The fraction of sp³-hybridized carbons (Fsp3) is 0.385. The summed E-state index contributed by atoms with van der Waals surface area (Å²) in [6.45, 7) is 2.98. The van der Waals surface area contributed by atoms with Crippen molar-refractivity contribution in [2.75, 3.05) is 26.9 Å². The van der Waals surface area contributed by atoms with Gasteiger partial charge in [0.05, 0.1) is 48.3 Å². The van der Waals surface area contributed by atoms with Gasteiger partial charge in [-0.15, -0.1) is 0 Å². The monoisotopic (exact) mass is 502 g/mol. The molecule has 35 heavy (non-hydrogen) atoms. The van der Waals surface area contributed by atoms with Crippen molar-refractivity contribution in [2.24, 2.45) is 5.92 Å². The SMILES string of the molecule is CCCOc1cc(OCCOC2CC(C(=O)O)C2)c(-c2cc(=O)c3cccc(Cl)c3o2)cc1OC. The number of hydrogen-bond donors (Lipinski definition) is 1. The summed E-state index contributed by atoms with van der Waals surface area (Å²) < 4.78 is 29.1. The molecule has 8 nitrogen and oxygen atoms in total. The number of aliphatic carboxylic acids is 1. The van der Waals surface area contributed by atoms with Gasteiger partial charge in [-0.25, -0.2) is 0 Å². The summed E-state index contributed by atoms with van der Waals surface area (Å²) >= 11 is 6.29. The minimum atomic E-state index is -0.791. The second-order valence-electron chi connectivity index (χ2n) is 8.29. The molecule has 0 saturated heterocycles. The number of para-hydroxylation sites is 1. The van der Waals surface area contributed by atoms with Gasteiger partial charge in [0, 0.05) is 12.1 Å². The highest BCUT2D eigenvalue weighted by atomic mass is 35.5. The molecule has 0 atom stereocenters. The number of ether oxygens (including phenoxy) is 4. The van der Waals surface area contributed by atoms with Crippen LogP contribution < -0.4 is 19.6 Å². The normalized spacial score (nSPS) is 17.1. The van der Waals surface area contributed by atoms with Crippen molar-refractivity contribution >= 4 is 28.5 Å². The van der Waals surface area contributed by atoms with Crippen LogP contribution in [-0.2, 0) is 9.53 Å². The Balaban J connectivity index is 1.61. The van der Waals surface area contributed by atoms with E-state index in [-0.39, 0.29) is 42.0 Å². The number of benzene rings is 2. The van der Waals surface area contributed by atoms with Crippen LogP contribution in [0.15, 0.2) is 45.6 Å². The third-order valence-corrected chi connectivity index (χ3v) is 6.14. The lowest BCUT2D eigenvalue weighted by Crippen LogP contribution is -2.37. The zero-order chi connectivity index (χ0) is 24.9. The smallest absolute Gasteiger partial charge is 0.306 e. The molecule has 0 aliphatic heterocycles. The van der Waals surface area contributed by atoms with Gasteiger partial charge in [0.25, 0.3) is 0 Å². The molecule has 1 heterocycles. The molecule has 0 bridgehead atoms. The number of fused-ring (bicyclic) bond motifs is 1. The Kier molecular flexibility index (Phi) is 7.83. The molecule has 9 heteroatoms. The maximum atomic E-state index is 12.8. The van der Waals surface area contributed by atoms with E-state index in [2.05, 4.69) is 0 Å². The minimum absolute atomic E-state index is 0.0841. The van der Waals surface area contributed by atoms with E-state index in [9.17, 15) is 9.59 Å². The Morgan fingerprint density at radius 1 is 1.09 bits per heavy atom. The van der Waals surface area contributed by atoms with Crippen LogP contribution >= 0.6 is 11.6 Å².